The highest BCUT2D eigenvalue weighted by atomic mass is 31.2. The Morgan fingerprint density at radius 2 is 0.600 bits per heavy atom. The van der Waals surface area contributed by atoms with Crippen LogP contribution < -0.4 is 0 Å². The molecule has 0 bridgehead atoms. The van der Waals surface area contributed by atoms with E-state index in [9.17, 15) is 19.0 Å². The van der Waals surface area contributed by atoms with Gasteiger partial charge in [-0.2, -0.15) is 0 Å². The Balaban J connectivity index is 3.95. The minimum atomic E-state index is -4.39. The summed E-state index contributed by atoms with van der Waals surface area (Å²) in [7, 11) is 1.50. The van der Waals surface area contributed by atoms with Gasteiger partial charge in [-0.25, -0.2) is 4.57 Å². The molecule has 0 spiro atoms. The molecule has 1 N–H and O–H groups in total. The van der Waals surface area contributed by atoms with E-state index in [0.29, 0.717) is 23.9 Å². The van der Waals surface area contributed by atoms with Crippen molar-refractivity contribution in [2.75, 3.05) is 47.5 Å². The molecule has 0 aliphatic carbocycles. The van der Waals surface area contributed by atoms with Gasteiger partial charge in [0, 0.05) is 12.8 Å². The number of carbonyl (C=O) groups excluding carboxylic acids is 2. The molecule has 528 valence electrons. The first-order chi connectivity index (χ1) is 44.0. The molecule has 10 heteroatoms. The van der Waals surface area contributed by atoms with Crippen molar-refractivity contribution in [3.8, 4) is 0 Å². The molecule has 2 unspecified atom stereocenters. The van der Waals surface area contributed by atoms with Crippen molar-refractivity contribution < 1.29 is 42.1 Å². The molecule has 90 heavy (non-hydrogen) atoms. The van der Waals surface area contributed by atoms with Gasteiger partial charge in [0.15, 0.2) is 6.10 Å². The number of esters is 2. The van der Waals surface area contributed by atoms with E-state index in [1.54, 1.807) is 0 Å². The lowest BCUT2D eigenvalue weighted by atomic mass is 10.0. The molecule has 0 aliphatic heterocycles. The van der Waals surface area contributed by atoms with E-state index in [2.05, 4.69) is 74.6 Å². The molecule has 0 saturated heterocycles. The van der Waals surface area contributed by atoms with Crippen molar-refractivity contribution in [3.05, 3.63) is 60.8 Å². The van der Waals surface area contributed by atoms with Crippen molar-refractivity contribution >= 4 is 19.8 Å². The smallest absolute Gasteiger partial charge is 0.462 e. The summed E-state index contributed by atoms with van der Waals surface area (Å²) >= 11 is 0. The Hall–Kier alpha value is -2.29. The zero-order valence-corrected chi connectivity index (χ0v) is 61.3. The normalized spacial score (nSPS) is 13.4. The standard InChI is InChI=1S/C80H150NO8P/c1-6-8-10-12-14-16-18-20-22-24-26-28-30-32-34-36-38-40-42-44-46-48-50-52-54-56-58-60-62-64-66-68-70-72-79(82)86-76-78(77-88-90(84,85)87-75-74-81(3,4)5)89-80(83)73-71-69-67-65-63-61-59-57-55-53-51-49-47-45-43-41-39-37-35-33-31-29-27-25-23-21-19-17-15-13-11-9-7-2/h18-21,24-27,31,33,78H,6-17,22-23,28-30,32,34-77H2,1-5H3/p+1/b20-18-,21-19-,26-24-,27-25-,33-31-. The van der Waals surface area contributed by atoms with Crippen LogP contribution in [0.2, 0.25) is 0 Å². The Morgan fingerprint density at radius 3 is 0.889 bits per heavy atom. The summed E-state index contributed by atoms with van der Waals surface area (Å²) in [6.07, 6.45) is 95.0. The van der Waals surface area contributed by atoms with Crippen LogP contribution in [-0.4, -0.2) is 74.9 Å². The quantitative estimate of drug-likeness (QED) is 0.0211. The predicted octanol–water partition coefficient (Wildman–Crippen LogP) is 25.7. The summed E-state index contributed by atoms with van der Waals surface area (Å²) in [5, 5.41) is 0. The van der Waals surface area contributed by atoms with Crippen molar-refractivity contribution in [3.63, 3.8) is 0 Å². The Labute approximate surface area is 559 Å². The van der Waals surface area contributed by atoms with Crippen molar-refractivity contribution in [1.82, 2.24) is 0 Å². The van der Waals surface area contributed by atoms with Gasteiger partial charge in [0.1, 0.15) is 19.8 Å². The van der Waals surface area contributed by atoms with E-state index >= 15 is 0 Å². The number of ether oxygens (including phenoxy) is 2. The average molecular weight is 1290 g/mol. The van der Waals surface area contributed by atoms with E-state index in [0.717, 1.165) is 51.4 Å². The van der Waals surface area contributed by atoms with Crippen LogP contribution in [0.25, 0.3) is 0 Å². The zero-order chi connectivity index (χ0) is 65.5. The molecular weight excluding hydrogens is 1130 g/mol. The fourth-order valence-electron chi connectivity index (χ4n) is 11.5. The second-order valence-electron chi connectivity index (χ2n) is 27.7. The zero-order valence-electron chi connectivity index (χ0n) is 60.4. The molecule has 9 nitrogen and oxygen atoms in total. The van der Waals surface area contributed by atoms with E-state index < -0.39 is 26.5 Å². The molecule has 0 fully saturated rings. The lowest BCUT2D eigenvalue weighted by Gasteiger charge is -2.24. The van der Waals surface area contributed by atoms with E-state index in [4.69, 9.17) is 18.5 Å². The molecule has 0 aromatic heterocycles. The summed E-state index contributed by atoms with van der Waals surface area (Å²) in [6.45, 7) is 4.48. The fourth-order valence-corrected chi connectivity index (χ4v) is 12.3. The lowest BCUT2D eigenvalue weighted by Crippen LogP contribution is -2.37. The van der Waals surface area contributed by atoms with Gasteiger partial charge in [-0.1, -0.05) is 351 Å². The minimum absolute atomic E-state index is 0.0333. The van der Waals surface area contributed by atoms with Gasteiger partial charge in [-0.15, -0.1) is 0 Å². The number of quaternary nitrogens is 1. The number of nitrogens with zero attached hydrogens (tertiary/aromatic N) is 1. The van der Waals surface area contributed by atoms with Crippen LogP contribution in [0.5, 0.6) is 0 Å². The summed E-state index contributed by atoms with van der Waals surface area (Å²) in [4.78, 5) is 36.0. The highest BCUT2D eigenvalue weighted by molar-refractivity contribution is 7.47. The molecule has 0 rings (SSSR count). The Kier molecular flexibility index (Phi) is 69.2. The highest BCUT2D eigenvalue weighted by Gasteiger charge is 2.27. The highest BCUT2D eigenvalue weighted by Crippen LogP contribution is 2.43. The first-order valence-electron chi connectivity index (χ1n) is 39.0. The third kappa shape index (κ3) is 74.7. The van der Waals surface area contributed by atoms with Crippen molar-refractivity contribution in [1.29, 1.82) is 0 Å². The number of likely N-dealkylation sites (N-methyl/N-ethyl adjacent to an activating group) is 1. The number of allylic oxidation sites excluding steroid dienone is 10. The van der Waals surface area contributed by atoms with Crippen LogP contribution in [0.3, 0.4) is 0 Å². The molecule has 0 amide bonds. The summed E-state index contributed by atoms with van der Waals surface area (Å²) < 4.78 is 34.8. The summed E-state index contributed by atoms with van der Waals surface area (Å²) in [5.74, 6) is -0.777. The van der Waals surface area contributed by atoms with Crippen LogP contribution in [0.4, 0.5) is 0 Å². The first kappa shape index (κ1) is 87.7. The third-order valence-electron chi connectivity index (χ3n) is 17.5. The minimum Gasteiger partial charge on any atom is -0.462 e. The number of carbonyl (C=O) groups is 2. The first-order valence-corrected chi connectivity index (χ1v) is 40.5. The van der Waals surface area contributed by atoms with Gasteiger partial charge >= 0.3 is 19.8 Å². The van der Waals surface area contributed by atoms with Crippen LogP contribution in [0.15, 0.2) is 60.8 Å². The van der Waals surface area contributed by atoms with Gasteiger partial charge in [0.2, 0.25) is 0 Å². The number of rotatable bonds is 73. The van der Waals surface area contributed by atoms with E-state index in [1.165, 1.54) is 302 Å². The fraction of sp³-hybridized carbons (Fsp3) is 0.850. The number of unbranched alkanes of at least 4 members (excludes halogenated alkanes) is 49. The van der Waals surface area contributed by atoms with Crippen molar-refractivity contribution in [2.24, 2.45) is 0 Å². The third-order valence-corrected chi connectivity index (χ3v) is 18.5. The maximum atomic E-state index is 12.9. The number of phosphoric acid groups is 1. The van der Waals surface area contributed by atoms with Crippen LogP contribution in [0.1, 0.15) is 386 Å². The average Bonchev–Trinajstić information content (AvgIpc) is 3.58. The Morgan fingerprint density at radius 1 is 0.344 bits per heavy atom. The van der Waals surface area contributed by atoms with Gasteiger partial charge < -0.3 is 18.9 Å². The van der Waals surface area contributed by atoms with Gasteiger partial charge in [0.05, 0.1) is 27.7 Å². The van der Waals surface area contributed by atoms with E-state index in [1.807, 2.05) is 21.1 Å². The van der Waals surface area contributed by atoms with Gasteiger partial charge in [0.25, 0.3) is 0 Å². The van der Waals surface area contributed by atoms with Crippen molar-refractivity contribution in [2.45, 2.75) is 392 Å². The molecule has 0 saturated carbocycles. The number of hydrogen-bond acceptors (Lipinski definition) is 7. The summed E-state index contributed by atoms with van der Waals surface area (Å²) in [5.41, 5.74) is 0. The van der Waals surface area contributed by atoms with Crippen LogP contribution in [-0.2, 0) is 32.7 Å². The number of hydrogen-bond donors (Lipinski definition) is 1. The maximum Gasteiger partial charge on any atom is 0.472 e. The van der Waals surface area contributed by atoms with Gasteiger partial charge in [-0.05, 0) is 83.5 Å². The molecule has 0 radical (unpaired) electrons. The monoisotopic (exact) mass is 1290 g/mol. The molecule has 0 aromatic rings. The maximum absolute atomic E-state index is 12.9. The Bertz CT molecular complexity index is 1700. The lowest BCUT2D eigenvalue weighted by molar-refractivity contribution is -0.870. The number of phosphoric ester groups is 1. The topological polar surface area (TPSA) is 108 Å². The van der Waals surface area contributed by atoms with Crippen LogP contribution in [0, 0.1) is 0 Å². The molecule has 2 atom stereocenters. The SMILES string of the molecule is CCCCCCC/C=C\C/C=C\C/C=C\CCCCCCCCCCCCCCCCCCCCC(=O)OC(COC(=O)CCCCCCCCCCCCCCCCCCCCCCC/C=C\C/C=C\CCCCCCC)COP(=O)(O)OCC[N+](C)(C)C. The van der Waals surface area contributed by atoms with E-state index in [-0.39, 0.29) is 25.6 Å². The second-order valence-corrected chi connectivity index (χ2v) is 29.2. The predicted molar refractivity (Wildman–Crippen MR) is 390 cm³/mol. The van der Waals surface area contributed by atoms with Crippen LogP contribution >= 0.6 is 7.82 Å². The molecule has 0 aromatic carbocycles. The second kappa shape index (κ2) is 71.0. The molecule has 0 aliphatic rings. The molecule has 0 heterocycles. The molecular formula is C80H151NO8P+. The van der Waals surface area contributed by atoms with Gasteiger partial charge in [-0.3, -0.25) is 18.6 Å². The largest absolute Gasteiger partial charge is 0.472 e. The summed E-state index contributed by atoms with van der Waals surface area (Å²) in [6, 6.07) is 0.